The standard InChI is InChI=1S/C31H33ClFN3O3/c1-2-39-26-13-11-22(12-14-26)30(37)34-15-5-7-21-6-3-8-25(16-21)35-17-23-19-36(20-24(23)18-35)31(38)29-27(32)9-4-10-28(29)33/h3-4,6,8-14,16,23-24H,2,5,7,15,17-20H2,1H3,(H,34,37). The largest absolute Gasteiger partial charge is 0.494 e. The van der Waals surface area contributed by atoms with Crippen LogP contribution in [0.25, 0.3) is 0 Å². The number of rotatable bonds is 9. The number of hydrogen-bond acceptors (Lipinski definition) is 4. The molecule has 2 atom stereocenters. The zero-order valence-corrected chi connectivity index (χ0v) is 22.8. The van der Waals surface area contributed by atoms with Crippen LogP contribution in [-0.4, -0.2) is 56.0 Å². The van der Waals surface area contributed by atoms with Gasteiger partial charge in [-0.15, -0.1) is 0 Å². The van der Waals surface area contributed by atoms with Gasteiger partial charge in [-0.3, -0.25) is 9.59 Å². The first-order chi connectivity index (χ1) is 18.9. The molecule has 2 aliphatic heterocycles. The molecule has 5 rings (SSSR count). The predicted molar refractivity (Wildman–Crippen MR) is 151 cm³/mol. The van der Waals surface area contributed by atoms with Gasteiger partial charge in [0.15, 0.2) is 0 Å². The summed E-state index contributed by atoms with van der Waals surface area (Å²) in [6, 6.07) is 20.1. The molecule has 2 saturated heterocycles. The monoisotopic (exact) mass is 549 g/mol. The maximum absolute atomic E-state index is 14.3. The van der Waals surface area contributed by atoms with Crippen LogP contribution >= 0.6 is 11.6 Å². The van der Waals surface area contributed by atoms with Crippen molar-refractivity contribution in [3.63, 3.8) is 0 Å². The summed E-state index contributed by atoms with van der Waals surface area (Å²) in [5, 5.41) is 3.15. The molecule has 2 fully saturated rings. The van der Waals surface area contributed by atoms with Gasteiger partial charge in [0.05, 0.1) is 17.2 Å². The molecule has 8 heteroatoms. The summed E-state index contributed by atoms with van der Waals surface area (Å²) in [6.45, 7) is 6.06. The highest BCUT2D eigenvalue weighted by Gasteiger charge is 2.42. The van der Waals surface area contributed by atoms with E-state index in [0.29, 0.717) is 43.6 Å². The van der Waals surface area contributed by atoms with E-state index in [9.17, 15) is 14.0 Å². The number of likely N-dealkylation sites (tertiary alicyclic amines) is 1. The van der Waals surface area contributed by atoms with Crippen LogP contribution in [-0.2, 0) is 6.42 Å². The predicted octanol–water partition coefficient (Wildman–Crippen LogP) is 5.45. The third-order valence-electron chi connectivity index (χ3n) is 7.58. The Morgan fingerprint density at radius 1 is 1.00 bits per heavy atom. The molecule has 0 radical (unpaired) electrons. The number of aryl methyl sites for hydroxylation is 1. The summed E-state index contributed by atoms with van der Waals surface area (Å²) in [6.07, 6.45) is 1.71. The highest BCUT2D eigenvalue weighted by molar-refractivity contribution is 6.33. The lowest BCUT2D eigenvalue weighted by molar-refractivity contribution is 0.0777. The summed E-state index contributed by atoms with van der Waals surface area (Å²) >= 11 is 6.12. The van der Waals surface area contributed by atoms with Crippen LogP contribution in [0.1, 0.15) is 39.6 Å². The second-order valence-electron chi connectivity index (χ2n) is 10.2. The number of nitrogens with zero attached hydrogens (tertiary/aromatic N) is 2. The van der Waals surface area contributed by atoms with E-state index < -0.39 is 5.82 Å². The molecule has 0 spiro atoms. The van der Waals surface area contributed by atoms with E-state index in [1.165, 1.54) is 23.4 Å². The summed E-state index contributed by atoms with van der Waals surface area (Å²) in [5.41, 5.74) is 3.00. The molecule has 2 amide bonds. The van der Waals surface area contributed by atoms with Gasteiger partial charge in [-0.2, -0.15) is 0 Å². The summed E-state index contributed by atoms with van der Waals surface area (Å²) in [7, 11) is 0. The van der Waals surface area contributed by atoms with Crippen LogP contribution in [0.15, 0.2) is 66.7 Å². The normalized spacial score (nSPS) is 18.2. The average molecular weight is 550 g/mol. The van der Waals surface area contributed by atoms with Crippen molar-refractivity contribution >= 4 is 29.1 Å². The van der Waals surface area contributed by atoms with Crippen LogP contribution in [0.4, 0.5) is 10.1 Å². The van der Waals surface area contributed by atoms with Crippen LogP contribution in [0.3, 0.4) is 0 Å². The summed E-state index contributed by atoms with van der Waals surface area (Å²) in [5.74, 6) is 0.477. The van der Waals surface area contributed by atoms with Crippen LogP contribution in [0.5, 0.6) is 5.75 Å². The van der Waals surface area contributed by atoms with E-state index >= 15 is 0 Å². The van der Waals surface area contributed by atoms with Gasteiger partial charge in [0.25, 0.3) is 11.8 Å². The molecule has 2 unspecified atom stereocenters. The van der Waals surface area contributed by atoms with Gasteiger partial charge >= 0.3 is 0 Å². The number of nitrogens with one attached hydrogen (secondary N) is 1. The molecule has 0 saturated carbocycles. The highest BCUT2D eigenvalue weighted by atomic mass is 35.5. The van der Waals surface area contributed by atoms with Gasteiger partial charge in [0.1, 0.15) is 11.6 Å². The summed E-state index contributed by atoms with van der Waals surface area (Å²) in [4.78, 5) is 29.5. The van der Waals surface area contributed by atoms with Crippen LogP contribution in [0, 0.1) is 17.7 Å². The molecule has 6 nitrogen and oxygen atoms in total. The number of carbonyl (C=O) groups excluding carboxylic acids is 2. The number of anilines is 1. The Balaban J connectivity index is 1.10. The Hall–Kier alpha value is -3.58. The lowest BCUT2D eigenvalue weighted by Gasteiger charge is -2.24. The van der Waals surface area contributed by atoms with E-state index in [2.05, 4.69) is 34.5 Å². The van der Waals surface area contributed by atoms with Crippen molar-refractivity contribution in [1.29, 1.82) is 0 Å². The SMILES string of the molecule is CCOc1ccc(C(=O)NCCCc2cccc(N3CC4CN(C(=O)c5c(F)cccc5Cl)CC4C3)c2)cc1. The fraction of sp³-hybridized carbons (Fsp3) is 0.355. The number of halogens is 2. The van der Waals surface area contributed by atoms with E-state index in [-0.39, 0.29) is 22.4 Å². The Morgan fingerprint density at radius 3 is 2.41 bits per heavy atom. The lowest BCUT2D eigenvalue weighted by atomic mass is 10.0. The number of benzene rings is 3. The van der Waals surface area contributed by atoms with Crippen LogP contribution < -0.4 is 15.0 Å². The maximum atomic E-state index is 14.3. The Morgan fingerprint density at radius 2 is 1.72 bits per heavy atom. The molecular formula is C31H33ClFN3O3. The first-order valence-corrected chi connectivity index (χ1v) is 13.9. The number of amides is 2. The van der Waals surface area contributed by atoms with Crippen molar-refractivity contribution in [3.05, 3.63) is 94.3 Å². The minimum atomic E-state index is -0.571. The molecule has 3 aromatic rings. The first-order valence-electron chi connectivity index (χ1n) is 13.5. The van der Waals surface area contributed by atoms with Gasteiger partial charge in [0, 0.05) is 55.8 Å². The third-order valence-corrected chi connectivity index (χ3v) is 7.90. The molecule has 39 heavy (non-hydrogen) atoms. The molecular weight excluding hydrogens is 517 g/mol. The Labute approximate surface area is 233 Å². The average Bonchev–Trinajstić information content (AvgIpc) is 3.52. The van der Waals surface area contributed by atoms with Crippen molar-refractivity contribution in [2.45, 2.75) is 19.8 Å². The lowest BCUT2D eigenvalue weighted by Crippen LogP contribution is -2.34. The smallest absolute Gasteiger partial charge is 0.258 e. The van der Waals surface area contributed by atoms with Crippen molar-refractivity contribution in [2.24, 2.45) is 11.8 Å². The zero-order chi connectivity index (χ0) is 27.4. The van der Waals surface area contributed by atoms with Gasteiger partial charge in [-0.1, -0.05) is 29.8 Å². The van der Waals surface area contributed by atoms with Gasteiger partial charge < -0.3 is 19.9 Å². The Kier molecular flexibility index (Phi) is 8.36. The van der Waals surface area contributed by atoms with E-state index in [0.717, 1.165) is 31.7 Å². The van der Waals surface area contributed by atoms with Crippen LogP contribution in [0.2, 0.25) is 5.02 Å². The number of carbonyl (C=O) groups is 2. The molecule has 0 aromatic heterocycles. The molecule has 2 aliphatic rings. The topological polar surface area (TPSA) is 61.9 Å². The third kappa shape index (κ3) is 6.19. The molecule has 204 valence electrons. The highest BCUT2D eigenvalue weighted by Crippen LogP contribution is 2.35. The minimum absolute atomic E-state index is 0.0284. The Bertz CT molecular complexity index is 1300. The maximum Gasteiger partial charge on any atom is 0.258 e. The van der Waals surface area contributed by atoms with E-state index in [4.69, 9.17) is 16.3 Å². The second kappa shape index (κ2) is 12.1. The molecule has 2 heterocycles. The van der Waals surface area contributed by atoms with E-state index in [1.54, 1.807) is 23.1 Å². The summed E-state index contributed by atoms with van der Waals surface area (Å²) < 4.78 is 19.7. The quantitative estimate of drug-likeness (QED) is 0.361. The van der Waals surface area contributed by atoms with Crippen molar-refractivity contribution in [3.8, 4) is 5.75 Å². The van der Waals surface area contributed by atoms with Crippen molar-refractivity contribution < 1.29 is 18.7 Å². The number of fused-ring (bicyclic) bond motifs is 1. The number of hydrogen-bond donors (Lipinski definition) is 1. The van der Waals surface area contributed by atoms with Crippen molar-refractivity contribution in [2.75, 3.05) is 44.2 Å². The number of ether oxygens (including phenoxy) is 1. The fourth-order valence-corrected chi connectivity index (χ4v) is 5.85. The second-order valence-corrected chi connectivity index (χ2v) is 10.6. The van der Waals surface area contributed by atoms with E-state index in [1.807, 2.05) is 19.1 Å². The van der Waals surface area contributed by atoms with Gasteiger partial charge in [-0.25, -0.2) is 4.39 Å². The van der Waals surface area contributed by atoms with Gasteiger partial charge in [-0.05, 0) is 73.9 Å². The van der Waals surface area contributed by atoms with Crippen molar-refractivity contribution in [1.82, 2.24) is 10.2 Å². The molecule has 3 aromatic carbocycles. The minimum Gasteiger partial charge on any atom is -0.494 e. The molecule has 0 aliphatic carbocycles. The molecule has 0 bridgehead atoms. The van der Waals surface area contributed by atoms with Gasteiger partial charge in [0.2, 0.25) is 0 Å². The first kappa shape index (κ1) is 27.0. The molecule has 1 N–H and O–H groups in total. The fourth-order valence-electron chi connectivity index (χ4n) is 5.60. The zero-order valence-electron chi connectivity index (χ0n) is 22.0.